The van der Waals surface area contributed by atoms with Crippen LogP contribution in [0.1, 0.15) is 22.6 Å². The fourth-order valence-electron chi connectivity index (χ4n) is 2.18. The van der Waals surface area contributed by atoms with E-state index >= 15 is 0 Å². The number of rotatable bonds is 8. The van der Waals surface area contributed by atoms with Crippen LogP contribution in [0.4, 0.5) is 11.4 Å². The highest BCUT2D eigenvalue weighted by molar-refractivity contribution is 7.99. The molecular weight excluding hydrogens is 374 g/mol. The van der Waals surface area contributed by atoms with Gasteiger partial charge in [0.05, 0.1) is 22.1 Å². The van der Waals surface area contributed by atoms with Crippen LogP contribution in [-0.2, 0) is 20.1 Å². The van der Waals surface area contributed by atoms with Gasteiger partial charge in [0.2, 0.25) is 0 Å². The number of hydrogen-bond acceptors (Lipinski definition) is 8. The van der Waals surface area contributed by atoms with Gasteiger partial charge in [-0.25, -0.2) is 0 Å². The molecule has 0 unspecified atom stereocenters. The van der Waals surface area contributed by atoms with Gasteiger partial charge >= 0.3 is 5.97 Å². The zero-order chi connectivity index (χ0) is 20.0. The fourth-order valence-corrected chi connectivity index (χ4v) is 3.14. The third kappa shape index (κ3) is 5.81. The van der Waals surface area contributed by atoms with Crippen molar-refractivity contribution in [3.05, 3.63) is 50.9 Å². The lowest BCUT2D eigenvalue weighted by Crippen LogP contribution is -2.22. The van der Waals surface area contributed by atoms with E-state index in [1.807, 2.05) is 6.92 Å². The number of aryl methyl sites for hydroxylation is 3. The summed E-state index contributed by atoms with van der Waals surface area (Å²) >= 11 is 1.33. The van der Waals surface area contributed by atoms with E-state index in [0.717, 1.165) is 11.3 Å². The lowest BCUT2D eigenvalue weighted by atomic mass is 10.2. The van der Waals surface area contributed by atoms with E-state index in [9.17, 15) is 19.7 Å². The Kier molecular flexibility index (Phi) is 6.94. The van der Waals surface area contributed by atoms with Crippen LogP contribution in [0.2, 0.25) is 0 Å². The molecule has 1 N–H and O–H groups in total. The molecule has 0 saturated carbocycles. The number of non-ortho nitro benzene ring substituents is 1. The second kappa shape index (κ2) is 9.17. The van der Waals surface area contributed by atoms with Crippen LogP contribution in [0.15, 0.2) is 22.7 Å². The molecule has 0 radical (unpaired) electrons. The van der Waals surface area contributed by atoms with Crippen molar-refractivity contribution in [2.45, 2.75) is 26.5 Å². The van der Waals surface area contributed by atoms with E-state index in [1.54, 1.807) is 13.8 Å². The van der Waals surface area contributed by atoms with E-state index in [1.165, 1.54) is 30.0 Å². The smallest absolute Gasteiger partial charge is 0.316 e. The molecule has 1 heterocycles. The first-order chi connectivity index (χ1) is 12.8. The van der Waals surface area contributed by atoms with Crippen molar-refractivity contribution in [1.82, 2.24) is 5.16 Å². The molecule has 2 aromatic rings. The summed E-state index contributed by atoms with van der Waals surface area (Å²) in [4.78, 5) is 33.9. The second-order valence-corrected chi connectivity index (χ2v) is 6.75. The summed E-state index contributed by atoms with van der Waals surface area (Å²) in [6, 6.07) is 4.14. The summed E-state index contributed by atoms with van der Waals surface area (Å²) < 4.78 is 9.98. The van der Waals surface area contributed by atoms with E-state index in [2.05, 4.69) is 10.5 Å². The molecule has 10 heteroatoms. The maximum Gasteiger partial charge on any atom is 0.316 e. The first kappa shape index (κ1) is 20.4. The number of nitro groups is 1. The number of esters is 1. The molecule has 144 valence electrons. The van der Waals surface area contributed by atoms with Gasteiger partial charge in [-0.15, -0.1) is 11.8 Å². The van der Waals surface area contributed by atoms with Crippen molar-refractivity contribution in [3.8, 4) is 0 Å². The standard InChI is InChI=1S/C17H19N3O6S/c1-10-4-5-13(20(23)24)6-15(10)18-16(21)7-25-17(22)9-27-8-14-11(2)19-26-12(14)3/h4-6H,7-9H2,1-3H3,(H,18,21). The van der Waals surface area contributed by atoms with Crippen molar-refractivity contribution >= 4 is 35.0 Å². The molecular formula is C17H19N3O6S. The van der Waals surface area contributed by atoms with Crippen molar-refractivity contribution in [2.24, 2.45) is 0 Å². The summed E-state index contributed by atoms with van der Waals surface area (Å²) in [6.07, 6.45) is 0. The van der Waals surface area contributed by atoms with E-state index in [0.29, 0.717) is 22.8 Å². The summed E-state index contributed by atoms with van der Waals surface area (Å²) in [6.45, 7) is 4.86. The van der Waals surface area contributed by atoms with E-state index in [-0.39, 0.29) is 11.4 Å². The number of nitrogens with one attached hydrogen (secondary N) is 1. The lowest BCUT2D eigenvalue weighted by Gasteiger charge is -2.09. The molecule has 27 heavy (non-hydrogen) atoms. The highest BCUT2D eigenvalue weighted by Gasteiger charge is 2.14. The lowest BCUT2D eigenvalue weighted by molar-refractivity contribution is -0.384. The van der Waals surface area contributed by atoms with Gasteiger partial charge in [-0.3, -0.25) is 19.7 Å². The minimum Gasteiger partial charge on any atom is -0.455 e. The van der Waals surface area contributed by atoms with Gasteiger partial charge in [0, 0.05) is 23.4 Å². The zero-order valence-corrected chi connectivity index (χ0v) is 15.9. The van der Waals surface area contributed by atoms with Gasteiger partial charge in [-0.1, -0.05) is 11.2 Å². The van der Waals surface area contributed by atoms with E-state index < -0.39 is 23.4 Å². The maximum absolute atomic E-state index is 11.9. The SMILES string of the molecule is Cc1ccc([N+](=O)[O-])cc1NC(=O)COC(=O)CSCc1c(C)noc1C. The first-order valence-corrected chi connectivity index (χ1v) is 9.13. The number of amides is 1. The quantitative estimate of drug-likeness (QED) is 0.412. The Morgan fingerprint density at radius 2 is 2.07 bits per heavy atom. The summed E-state index contributed by atoms with van der Waals surface area (Å²) in [5, 5.41) is 17.1. The average molecular weight is 393 g/mol. The van der Waals surface area contributed by atoms with Crippen LogP contribution in [-0.4, -0.2) is 34.3 Å². The van der Waals surface area contributed by atoms with Gasteiger partial charge in [-0.2, -0.15) is 0 Å². The summed E-state index contributed by atoms with van der Waals surface area (Å²) in [5.74, 6) is 0.239. The van der Waals surface area contributed by atoms with Crippen LogP contribution in [0.5, 0.6) is 0 Å². The highest BCUT2D eigenvalue weighted by atomic mass is 32.2. The number of hydrogen-bond donors (Lipinski definition) is 1. The number of carbonyl (C=O) groups is 2. The molecule has 0 atom stereocenters. The molecule has 0 aliphatic rings. The number of anilines is 1. The Labute approximate surface area is 159 Å². The third-order valence-corrected chi connectivity index (χ3v) is 4.65. The van der Waals surface area contributed by atoms with Crippen molar-refractivity contribution in [1.29, 1.82) is 0 Å². The number of ether oxygens (including phenoxy) is 1. The monoisotopic (exact) mass is 393 g/mol. The number of benzene rings is 1. The van der Waals surface area contributed by atoms with Gasteiger partial charge in [0.25, 0.3) is 11.6 Å². The average Bonchev–Trinajstić information content (AvgIpc) is 2.93. The van der Waals surface area contributed by atoms with Crippen LogP contribution in [0, 0.1) is 30.9 Å². The van der Waals surface area contributed by atoms with Gasteiger partial charge in [0.15, 0.2) is 6.61 Å². The Balaban J connectivity index is 1.77. The Morgan fingerprint density at radius 1 is 1.33 bits per heavy atom. The predicted octanol–water partition coefficient (Wildman–Crippen LogP) is 2.92. The Bertz CT molecular complexity index is 845. The molecule has 0 fully saturated rings. The van der Waals surface area contributed by atoms with Crippen molar-refractivity contribution in [3.63, 3.8) is 0 Å². The Morgan fingerprint density at radius 3 is 2.70 bits per heavy atom. The predicted molar refractivity (Wildman–Crippen MR) is 99.6 cm³/mol. The molecule has 0 spiro atoms. The molecule has 0 aliphatic carbocycles. The van der Waals surface area contributed by atoms with Gasteiger partial charge in [0.1, 0.15) is 5.76 Å². The van der Waals surface area contributed by atoms with Crippen LogP contribution in [0.3, 0.4) is 0 Å². The molecule has 2 rings (SSSR count). The molecule has 1 amide bonds. The summed E-state index contributed by atoms with van der Waals surface area (Å²) in [5.41, 5.74) is 2.55. The highest BCUT2D eigenvalue weighted by Crippen LogP contribution is 2.22. The maximum atomic E-state index is 11.9. The molecule has 1 aromatic heterocycles. The largest absolute Gasteiger partial charge is 0.455 e. The molecule has 0 aliphatic heterocycles. The fraction of sp³-hybridized carbons (Fsp3) is 0.353. The van der Waals surface area contributed by atoms with Crippen molar-refractivity contribution < 1.29 is 23.8 Å². The van der Waals surface area contributed by atoms with Crippen LogP contribution >= 0.6 is 11.8 Å². The number of thioether (sulfide) groups is 1. The van der Waals surface area contributed by atoms with Crippen LogP contribution < -0.4 is 5.32 Å². The third-order valence-electron chi connectivity index (χ3n) is 3.72. The number of nitrogens with zero attached hydrogens (tertiary/aromatic N) is 2. The molecule has 0 bridgehead atoms. The minimum atomic E-state index is -0.567. The molecule has 9 nitrogen and oxygen atoms in total. The zero-order valence-electron chi connectivity index (χ0n) is 15.1. The first-order valence-electron chi connectivity index (χ1n) is 7.98. The number of aromatic nitrogens is 1. The Hall–Kier alpha value is -2.88. The molecule has 0 saturated heterocycles. The second-order valence-electron chi connectivity index (χ2n) is 5.76. The number of nitro benzene ring substituents is 1. The van der Waals surface area contributed by atoms with Crippen LogP contribution in [0.25, 0.3) is 0 Å². The van der Waals surface area contributed by atoms with Gasteiger partial charge < -0.3 is 14.6 Å². The van der Waals surface area contributed by atoms with Gasteiger partial charge in [-0.05, 0) is 26.3 Å². The molecule has 1 aromatic carbocycles. The van der Waals surface area contributed by atoms with E-state index in [4.69, 9.17) is 9.26 Å². The normalized spacial score (nSPS) is 10.5. The number of carbonyl (C=O) groups excluding carboxylic acids is 2. The topological polar surface area (TPSA) is 125 Å². The minimum absolute atomic E-state index is 0.0766. The summed E-state index contributed by atoms with van der Waals surface area (Å²) in [7, 11) is 0. The van der Waals surface area contributed by atoms with Crippen molar-refractivity contribution in [2.75, 3.05) is 17.7 Å².